The van der Waals surface area contributed by atoms with Crippen LogP contribution in [0.25, 0.3) is 6.08 Å². The molecule has 2 rings (SSSR count). The molecule has 10 nitrogen and oxygen atoms in total. The van der Waals surface area contributed by atoms with Gasteiger partial charge in [-0.25, -0.2) is 9.59 Å². The average molecular weight is 575 g/mol. The van der Waals surface area contributed by atoms with Crippen molar-refractivity contribution in [1.29, 1.82) is 0 Å². The van der Waals surface area contributed by atoms with Gasteiger partial charge in [0.15, 0.2) is 0 Å². The normalized spacial score (nSPS) is 17.2. The number of rotatable bonds is 10. The zero-order valence-electron chi connectivity index (χ0n) is 18.4. The fourth-order valence-corrected chi connectivity index (χ4v) is 3.60. The molecule has 1 atom stereocenters. The van der Waals surface area contributed by atoms with Gasteiger partial charge in [0.05, 0.1) is 18.8 Å². The molecule has 0 aromatic heterocycles. The van der Waals surface area contributed by atoms with Gasteiger partial charge in [0.2, 0.25) is 12.9 Å². The Bertz CT molecular complexity index is 1110. The number of aryl methyl sites for hydroxylation is 1. The maximum absolute atomic E-state index is 13.5. The first-order valence-corrected chi connectivity index (χ1v) is 11.7. The number of alkyl halides is 3. The van der Waals surface area contributed by atoms with Gasteiger partial charge in [0.25, 0.3) is 5.09 Å². The number of carbonyl (C=O) groups excluding carboxylic acids is 2. The maximum Gasteiger partial charge on any atom is 0.511 e. The van der Waals surface area contributed by atoms with E-state index in [2.05, 4.69) is 23.8 Å². The summed E-state index contributed by atoms with van der Waals surface area (Å²) in [6.07, 6.45) is -9.30. The number of carbonyl (C=O) groups is 2. The molecular weight excluding hydrogens is 558 g/mol. The second-order valence-corrected chi connectivity index (χ2v) is 9.73. The zero-order chi connectivity index (χ0) is 28.3. The Morgan fingerprint density at radius 2 is 1.68 bits per heavy atom. The SMILES string of the molecule is Cc1cc(S(F)(F)(F)(F)F)cc2c1O[C@H](C(F)(F)F)C(C(=O)OCOC(=O)OCCCCO[N+](=O)[O-])=C2. The van der Waals surface area contributed by atoms with Crippen LogP contribution >= 0.6 is 10.2 Å². The summed E-state index contributed by atoms with van der Waals surface area (Å²) in [7, 11) is -10.2. The molecule has 0 aliphatic carbocycles. The van der Waals surface area contributed by atoms with Crippen LogP contribution in [0.1, 0.15) is 24.0 Å². The second kappa shape index (κ2) is 9.75. The third kappa shape index (κ3) is 8.53. The molecule has 0 radical (unpaired) electrons. The minimum Gasteiger partial charge on any atom is -0.475 e. The summed E-state index contributed by atoms with van der Waals surface area (Å²) in [4.78, 5) is 35.1. The lowest BCUT2D eigenvalue weighted by molar-refractivity contribution is -0.757. The summed E-state index contributed by atoms with van der Waals surface area (Å²) in [6.45, 7) is -1.08. The first-order valence-electron chi connectivity index (χ1n) is 9.76. The standard InChI is InChI=1S/C18H17F8NO9S/c1-10-6-12(37(22,23,24,25)26)7-11-8-13(15(18(19,20)21)36-14(10)11)16(28)33-9-34-17(29)32-4-2-3-5-35-27(30)31/h6-8,15H,2-5,9H2,1H3/t15-/m0/s1. The fraction of sp³-hybridized carbons (Fsp3) is 0.444. The second-order valence-electron chi connectivity index (χ2n) is 7.32. The van der Waals surface area contributed by atoms with Gasteiger partial charge in [0, 0.05) is 5.56 Å². The molecule has 0 saturated heterocycles. The fourth-order valence-electron chi connectivity index (χ4n) is 2.85. The molecule has 1 aliphatic rings. The monoisotopic (exact) mass is 575 g/mol. The van der Waals surface area contributed by atoms with E-state index in [9.17, 15) is 52.3 Å². The number of fused-ring (bicyclic) bond motifs is 1. The van der Waals surface area contributed by atoms with Crippen LogP contribution in [-0.2, 0) is 23.8 Å². The van der Waals surface area contributed by atoms with E-state index in [1.165, 1.54) is 0 Å². The Kier molecular flexibility index (Phi) is 7.83. The van der Waals surface area contributed by atoms with E-state index in [4.69, 9.17) is 0 Å². The van der Waals surface area contributed by atoms with Gasteiger partial charge >= 0.3 is 28.5 Å². The minimum absolute atomic E-state index is 0.0697. The van der Waals surface area contributed by atoms with Crippen molar-refractivity contribution in [1.82, 2.24) is 0 Å². The molecule has 0 fully saturated rings. The van der Waals surface area contributed by atoms with Crippen molar-refractivity contribution in [3.05, 3.63) is 38.9 Å². The molecule has 210 valence electrons. The van der Waals surface area contributed by atoms with Crippen LogP contribution in [0, 0.1) is 17.0 Å². The number of hydrogen-bond donors (Lipinski definition) is 0. The van der Waals surface area contributed by atoms with Crippen molar-refractivity contribution < 1.29 is 71.1 Å². The first-order chi connectivity index (χ1) is 16.7. The van der Waals surface area contributed by atoms with Crippen LogP contribution < -0.4 is 4.74 Å². The van der Waals surface area contributed by atoms with E-state index < -0.39 is 73.9 Å². The maximum atomic E-state index is 13.5. The third-order valence-electron chi connectivity index (χ3n) is 4.41. The van der Waals surface area contributed by atoms with E-state index in [0.717, 1.165) is 6.92 Å². The summed E-state index contributed by atoms with van der Waals surface area (Å²) < 4.78 is 124. The lowest BCUT2D eigenvalue weighted by Gasteiger charge is -2.41. The average Bonchev–Trinajstić information content (AvgIpc) is 2.72. The van der Waals surface area contributed by atoms with Crippen molar-refractivity contribution >= 4 is 28.4 Å². The number of hydrogen-bond acceptors (Lipinski definition) is 9. The van der Waals surface area contributed by atoms with Gasteiger partial charge in [0.1, 0.15) is 10.6 Å². The number of esters is 1. The lowest BCUT2D eigenvalue weighted by atomic mass is 9.99. The molecule has 0 unspecified atom stereocenters. The van der Waals surface area contributed by atoms with Gasteiger partial charge in [-0.05, 0) is 43.5 Å². The highest BCUT2D eigenvalue weighted by molar-refractivity contribution is 8.45. The molecule has 0 N–H and O–H groups in total. The molecule has 0 bridgehead atoms. The highest BCUT2D eigenvalue weighted by Crippen LogP contribution is 3.02. The number of halogens is 8. The number of nitrogens with zero attached hydrogens (tertiary/aromatic N) is 1. The summed E-state index contributed by atoms with van der Waals surface area (Å²) in [5.74, 6) is -2.65. The van der Waals surface area contributed by atoms with Crippen LogP contribution in [0.5, 0.6) is 5.75 Å². The zero-order valence-corrected chi connectivity index (χ0v) is 19.2. The van der Waals surface area contributed by atoms with Gasteiger partial charge in [-0.3, -0.25) is 0 Å². The quantitative estimate of drug-likeness (QED) is 0.0825. The minimum atomic E-state index is -10.2. The molecule has 0 amide bonds. The summed E-state index contributed by atoms with van der Waals surface area (Å²) in [5.41, 5.74) is -2.99. The number of unbranched alkanes of at least 4 members (excludes halogenated alkanes) is 1. The predicted molar refractivity (Wildman–Crippen MR) is 107 cm³/mol. The Labute approximate surface area is 201 Å². The molecule has 0 saturated carbocycles. The van der Waals surface area contributed by atoms with Crippen LogP contribution in [0.3, 0.4) is 0 Å². The number of ether oxygens (including phenoxy) is 4. The lowest BCUT2D eigenvalue weighted by Crippen LogP contribution is -2.41. The van der Waals surface area contributed by atoms with Gasteiger partial charge in [-0.2, -0.15) is 13.2 Å². The van der Waals surface area contributed by atoms with Crippen molar-refractivity contribution in [3.8, 4) is 5.75 Å². The van der Waals surface area contributed by atoms with Crippen molar-refractivity contribution in [2.24, 2.45) is 0 Å². The Morgan fingerprint density at radius 1 is 1.05 bits per heavy atom. The van der Waals surface area contributed by atoms with E-state index >= 15 is 0 Å². The van der Waals surface area contributed by atoms with Crippen LogP contribution in [-0.4, -0.2) is 49.5 Å². The molecule has 1 heterocycles. The van der Waals surface area contributed by atoms with E-state index in [1.54, 1.807) is 0 Å². The largest absolute Gasteiger partial charge is 0.511 e. The predicted octanol–water partition coefficient (Wildman–Crippen LogP) is 6.00. The smallest absolute Gasteiger partial charge is 0.475 e. The molecular formula is C18H17F8NO9S. The molecule has 1 aromatic carbocycles. The third-order valence-corrected chi connectivity index (χ3v) is 5.53. The summed E-state index contributed by atoms with van der Waals surface area (Å²) in [6, 6.07) is -0.228. The Balaban J connectivity index is 2.11. The van der Waals surface area contributed by atoms with Crippen molar-refractivity contribution in [2.45, 2.75) is 36.9 Å². The first kappa shape index (κ1) is 29.7. The molecule has 0 spiro atoms. The van der Waals surface area contributed by atoms with Gasteiger partial charge < -0.3 is 23.8 Å². The Hall–Kier alpha value is -3.51. The molecule has 37 heavy (non-hydrogen) atoms. The molecule has 19 heteroatoms. The molecule has 1 aliphatic heterocycles. The van der Waals surface area contributed by atoms with Crippen LogP contribution in [0.4, 0.5) is 37.4 Å². The topological polar surface area (TPSA) is 123 Å². The highest BCUT2D eigenvalue weighted by atomic mass is 32.5. The van der Waals surface area contributed by atoms with Gasteiger partial charge in [-0.1, -0.05) is 19.4 Å². The highest BCUT2D eigenvalue weighted by Gasteiger charge is 2.65. The summed E-state index contributed by atoms with van der Waals surface area (Å²) >= 11 is 0. The number of benzene rings is 1. The van der Waals surface area contributed by atoms with Gasteiger partial charge in [-0.15, -0.1) is 10.1 Å². The van der Waals surface area contributed by atoms with E-state index in [-0.39, 0.29) is 44.3 Å². The van der Waals surface area contributed by atoms with Crippen LogP contribution in [0.15, 0.2) is 22.6 Å². The van der Waals surface area contributed by atoms with E-state index in [1.807, 2.05) is 0 Å². The van der Waals surface area contributed by atoms with Crippen molar-refractivity contribution in [3.63, 3.8) is 0 Å². The van der Waals surface area contributed by atoms with Crippen LogP contribution in [0.2, 0.25) is 0 Å². The van der Waals surface area contributed by atoms with E-state index in [0.29, 0.717) is 0 Å². The molecule has 1 aromatic rings. The van der Waals surface area contributed by atoms with Crippen molar-refractivity contribution in [2.75, 3.05) is 20.0 Å². The Morgan fingerprint density at radius 3 is 2.24 bits per heavy atom. The summed E-state index contributed by atoms with van der Waals surface area (Å²) in [5, 5.41) is 8.91.